The van der Waals surface area contributed by atoms with E-state index in [1.165, 1.54) is 5.39 Å². The van der Waals surface area contributed by atoms with Gasteiger partial charge < -0.3 is 19.4 Å². The lowest BCUT2D eigenvalue weighted by Gasteiger charge is -2.13. The number of rotatable bonds is 7. The van der Waals surface area contributed by atoms with Crippen molar-refractivity contribution in [2.45, 2.75) is 26.2 Å². The quantitative estimate of drug-likeness (QED) is 0.655. The maximum Gasteiger partial charge on any atom is 0.163 e. The van der Waals surface area contributed by atoms with Gasteiger partial charge in [-0.25, -0.2) is 0 Å². The highest BCUT2D eigenvalue weighted by molar-refractivity contribution is 6.09. The predicted octanol–water partition coefficient (Wildman–Crippen LogP) is 4.18. The zero-order chi connectivity index (χ0) is 18.0. The minimum atomic E-state index is 0.357. The van der Waals surface area contributed by atoms with E-state index in [2.05, 4.69) is 48.9 Å². The second-order valence-corrected chi connectivity index (χ2v) is 6.95. The summed E-state index contributed by atoms with van der Waals surface area (Å²) in [4.78, 5) is 10.2. The number of pyridine rings is 1. The SMILES string of the molecule is COc1cc2c(cc1OCCCN(C)C)[nH]c1ccnc(C(C)C)c12. The number of nitrogens with zero attached hydrogens (tertiary/aromatic N) is 2. The van der Waals surface area contributed by atoms with E-state index >= 15 is 0 Å². The fraction of sp³-hybridized carbons (Fsp3) is 0.450. The van der Waals surface area contributed by atoms with Gasteiger partial charge in [0.2, 0.25) is 0 Å². The first-order chi connectivity index (χ1) is 12.0. The molecule has 5 nitrogen and oxygen atoms in total. The molecule has 0 radical (unpaired) electrons. The summed E-state index contributed by atoms with van der Waals surface area (Å²) >= 11 is 0. The molecule has 3 rings (SSSR count). The number of aromatic nitrogens is 2. The first-order valence-corrected chi connectivity index (χ1v) is 8.77. The van der Waals surface area contributed by atoms with Crippen LogP contribution in [0.25, 0.3) is 21.8 Å². The number of nitrogens with one attached hydrogen (secondary N) is 1. The zero-order valence-corrected chi connectivity index (χ0v) is 15.7. The molecule has 25 heavy (non-hydrogen) atoms. The van der Waals surface area contributed by atoms with Crippen LogP contribution in [0.4, 0.5) is 0 Å². The number of methoxy groups -OCH3 is 1. The van der Waals surface area contributed by atoms with Gasteiger partial charge in [0.05, 0.1) is 24.9 Å². The highest BCUT2D eigenvalue weighted by atomic mass is 16.5. The molecule has 0 saturated heterocycles. The van der Waals surface area contributed by atoms with E-state index in [1.54, 1.807) is 7.11 Å². The lowest BCUT2D eigenvalue weighted by molar-refractivity contribution is 0.268. The Morgan fingerprint density at radius 2 is 1.96 bits per heavy atom. The molecule has 0 aliphatic carbocycles. The van der Waals surface area contributed by atoms with Crippen LogP contribution in [0.1, 0.15) is 31.9 Å². The topological polar surface area (TPSA) is 50.4 Å². The molecule has 5 heteroatoms. The van der Waals surface area contributed by atoms with E-state index in [1.807, 2.05) is 18.3 Å². The van der Waals surface area contributed by atoms with Crippen molar-refractivity contribution < 1.29 is 9.47 Å². The van der Waals surface area contributed by atoms with Crippen molar-refractivity contribution in [2.75, 3.05) is 34.4 Å². The Hall–Kier alpha value is -2.27. The minimum Gasteiger partial charge on any atom is -0.493 e. The van der Waals surface area contributed by atoms with Gasteiger partial charge >= 0.3 is 0 Å². The molecular weight excluding hydrogens is 314 g/mol. The molecule has 134 valence electrons. The Labute approximate surface area is 148 Å². The fourth-order valence-corrected chi connectivity index (χ4v) is 3.15. The number of benzene rings is 1. The average Bonchev–Trinajstić information content (AvgIpc) is 2.94. The van der Waals surface area contributed by atoms with Gasteiger partial charge in [-0.15, -0.1) is 0 Å². The molecule has 0 spiro atoms. The molecule has 2 heterocycles. The van der Waals surface area contributed by atoms with E-state index in [-0.39, 0.29) is 0 Å². The Balaban J connectivity index is 2.01. The normalized spacial score (nSPS) is 11.8. The summed E-state index contributed by atoms with van der Waals surface area (Å²) < 4.78 is 11.6. The van der Waals surface area contributed by atoms with Gasteiger partial charge in [-0.1, -0.05) is 13.8 Å². The van der Waals surface area contributed by atoms with Crippen LogP contribution in [-0.2, 0) is 0 Å². The summed E-state index contributed by atoms with van der Waals surface area (Å²) in [5, 5.41) is 2.30. The summed E-state index contributed by atoms with van der Waals surface area (Å²) in [6.07, 6.45) is 2.84. The van der Waals surface area contributed by atoms with Crippen LogP contribution in [0.2, 0.25) is 0 Å². The second-order valence-electron chi connectivity index (χ2n) is 6.95. The number of ether oxygens (including phenoxy) is 2. The largest absolute Gasteiger partial charge is 0.493 e. The van der Waals surface area contributed by atoms with Gasteiger partial charge in [-0.05, 0) is 38.6 Å². The molecule has 0 aliphatic heterocycles. The van der Waals surface area contributed by atoms with E-state index in [9.17, 15) is 0 Å². The molecule has 0 fully saturated rings. The van der Waals surface area contributed by atoms with Crippen LogP contribution >= 0.6 is 0 Å². The van der Waals surface area contributed by atoms with Gasteiger partial charge in [0, 0.05) is 35.1 Å². The first-order valence-electron chi connectivity index (χ1n) is 8.77. The summed E-state index contributed by atoms with van der Waals surface area (Å²) in [5.41, 5.74) is 3.25. The third-order valence-corrected chi connectivity index (χ3v) is 4.38. The Bertz CT molecular complexity index is 868. The molecular formula is C20H27N3O2. The van der Waals surface area contributed by atoms with Crippen molar-refractivity contribution in [3.05, 3.63) is 30.1 Å². The molecule has 2 aromatic heterocycles. The van der Waals surface area contributed by atoms with Crippen LogP contribution < -0.4 is 9.47 Å². The monoisotopic (exact) mass is 341 g/mol. The maximum atomic E-state index is 5.97. The third-order valence-electron chi connectivity index (χ3n) is 4.38. The summed E-state index contributed by atoms with van der Waals surface area (Å²) in [6, 6.07) is 6.11. The molecule has 0 bridgehead atoms. The summed E-state index contributed by atoms with van der Waals surface area (Å²) in [5.74, 6) is 1.90. The number of aromatic amines is 1. The van der Waals surface area contributed by atoms with Crippen molar-refractivity contribution >= 4 is 21.8 Å². The van der Waals surface area contributed by atoms with E-state index in [0.29, 0.717) is 12.5 Å². The molecule has 0 saturated carbocycles. The third kappa shape index (κ3) is 3.56. The Morgan fingerprint density at radius 1 is 1.16 bits per heavy atom. The van der Waals surface area contributed by atoms with Gasteiger partial charge in [-0.3, -0.25) is 4.98 Å². The average molecular weight is 341 g/mol. The van der Waals surface area contributed by atoms with Gasteiger partial charge in [0.1, 0.15) is 0 Å². The number of fused-ring (bicyclic) bond motifs is 3. The molecule has 1 aromatic carbocycles. The maximum absolute atomic E-state index is 5.97. The van der Waals surface area contributed by atoms with E-state index in [0.717, 1.165) is 46.6 Å². The standard InChI is InChI=1S/C20H27N3O2/c1-13(2)20-19-14-11-17(24-5)18(25-10-6-9-23(3)4)12-16(14)22-15(19)7-8-21-20/h7-8,11-13,22H,6,9-10H2,1-5H3. The van der Waals surface area contributed by atoms with Crippen molar-refractivity contribution in [2.24, 2.45) is 0 Å². The minimum absolute atomic E-state index is 0.357. The second kappa shape index (κ2) is 7.31. The highest BCUT2D eigenvalue weighted by Gasteiger charge is 2.16. The van der Waals surface area contributed by atoms with Crippen molar-refractivity contribution in [3.8, 4) is 11.5 Å². The Morgan fingerprint density at radius 3 is 2.64 bits per heavy atom. The highest BCUT2D eigenvalue weighted by Crippen LogP contribution is 2.38. The summed E-state index contributed by atoms with van der Waals surface area (Å²) in [7, 11) is 5.82. The fourth-order valence-electron chi connectivity index (χ4n) is 3.15. The van der Waals surface area contributed by atoms with Crippen LogP contribution in [0.5, 0.6) is 11.5 Å². The van der Waals surface area contributed by atoms with Crippen molar-refractivity contribution in [1.82, 2.24) is 14.9 Å². The molecule has 0 aliphatic rings. The molecule has 0 amide bonds. The van der Waals surface area contributed by atoms with E-state index < -0.39 is 0 Å². The number of hydrogen-bond donors (Lipinski definition) is 1. The summed E-state index contributed by atoms with van der Waals surface area (Å²) in [6.45, 7) is 6.00. The van der Waals surface area contributed by atoms with Gasteiger partial charge in [-0.2, -0.15) is 0 Å². The molecule has 3 aromatic rings. The number of hydrogen-bond acceptors (Lipinski definition) is 4. The first kappa shape index (κ1) is 17.5. The van der Waals surface area contributed by atoms with Crippen LogP contribution in [0.15, 0.2) is 24.4 Å². The van der Waals surface area contributed by atoms with Gasteiger partial charge in [0.15, 0.2) is 11.5 Å². The van der Waals surface area contributed by atoms with Crippen molar-refractivity contribution in [1.29, 1.82) is 0 Å². The van der Waals surface area contributed by atoms with E-state index in [4.69, 9.17) is 9.47 Å². The van der Waals surface area contributed by atoms with Gasteiger partial charge in [0.25, 0.3) is 0 Å². The number of H-pyrrole nitrogens is 1. The smallest absolute Gasteiger partial charge is 0.163 e. The van der Waals surface area contributed by atoms with Crippen molar-refractivity contribution in [3.63, 3.8) is 0 Å². The molecule has 0 unspecified atom stereocenters. The molecule has 0 atom stereocenters. The predicted molar refractivity (Wildman–Crippen MR) is 103 cm³/mol. The molecule has 1 N–H and O–H groups in total. The Kier molecular flexibility index (Phi) is 5.13. The lowest BCUT2D eigenvalue weighted by atomic mass is 10.0. The van der Waals surface area contributed by atoms with Crippen LogP contribution in [0.3, 0.4) is 0 Å². The zero-order valence-electron chi connectivity index (χ0n) is 15.7. The lowest BCUT2D eigenvalue weighted by Crippen LogP contribution is -2.15. The van der Waals surface area contributed by atoms with Crippen LogP contribution in [0, 0.1) is 0 Å². The van der Waals surface area contributed by atoms with Crippen LogP contribution in [-0.4, -0.2) is 49.2 Å².